The minimum atomic E-state index is 0.760. The maximum absolute atomic E-state index is 5.44. The van der Waals surface area contributed by atoms with E-state index in [0.717, 1.165) is 55.3 Å². The van der Waals surface area contributed by atoms with Crippen molar-refractivity contribution in [3.63, 3.8) is 0 Å². The van der Waals surface area contributed by atoms with Crippen molar-refractivity contribution < 1.29 is 9.47 Å². The number of rotatable bonds is 2. The maximum Gasteiger partial charge on any atom is 0.151 e. The van der Waals surface area contributed by atoms with Crippen LogP contribution in [0.2, 0.25) is 0 Å². The molecule has 1 fully saturated rings. The zero-order valence-electron chi connectivity index (χ0n) is 9.99. The Bertz CT molecular complexity index is 366. The number of methoxy groups -OCH3 is 1. The van der Waals surface area contributed by atoms with E-state index >= 15 is 0 Å². The van der Waals surface area contributed by atoms with Gasteiger partial charge in [0.1, 0.15) is 10.4 Å². The van der Waals surface area contributed by atoms with Crippen LogP contribution in [0.3, 0.4) is 0 Å². The fraction of sp³-hybridized carbons (Fsp3) is 0.583. The summed E-state index contributed by atoms with van der Waals surface area (Å²) in [5, 5.41) is 0. The second-order valence-electron chi connectivity index (χ2n) is 3.97. The first kappa shape index (κ1) is 12.6. The lowest BCUT2D eigenvalue weighted by atomic mass is 10.3. The average molecular weight is 301 g/mol. The van der Waals surface area contributed by atoms with E-state index in [1.165, 1.54) is 0 Å². The lowest BCUT2D eigenvalue weighted by Crippen LogP contribution is -2.30. The van der Waals surface area contributed by atoms with E-state index < -0.39 is 0 Å². The van der Waals surface area contributed by atoms with Crippen molar-refractivity contribution in [3.8, 4) is 5.75 Å². The topological polar surface area (TPSA) is 34.6 Å². The molecular formula is C12H17BrN2O2. The van der Waals surface area contributed by atoms with Gasteiger partial charge in [-0.15, -0.1) is 0 Å². The Labute approximate surface area is 110 Å². The Morgan fingerprint density at radius 1 is 1.29 bits per heavy atom. The van der Waals surface area contributed by atoms with Gasteiger partial charge in [-0.1, -0.05) is 0 Å². The van der Waals surface area contributed by atoms with Crippen molar-refractivity contribution in [1.29, 1.82) is 0 Å². The Balaban J connectivity index is 2.11. The predicted octanol–water partition coefficient (Wildman–Crippen LogP) is 2.47. The Kier molecular flexibility index (Phi) is 4.62. The zero-order valence-corrected chi connectivity index (χ0v) is 11.6. The lowest BCUT2D eigenvalue weighted by Gasteiger charge is -2.26. The monoisotopic (exact) mass is 300 g/mol. The summed E-state index contributed by atoms with van der Waals surface area (Å²) in [5.41, 5.74) is 0. The molecule has 0 spiro atoms. The average Bonchev–Trinajstić information content (AvgIpc) is 2.28. The van der Waals surface area contributed by atoms with Gasteiger partial charge >= 0.3 is 0 Å². The molecule has 1 saturated heterocycles. The van der Waals surface area contributed by atoms with Crippen LogP contribution >= 0.6 is 15.9 Å². The van der Waals surface area contributed by atoms with E-state index in [0.29, 0.717) is 0 Å². The molecule has 0 N–H and O–H groups in total. The number of anilines is 1. The Morgan fingerprint density at radius 3 is 2.59 bits per heavy atom. The van der Waals surface area contributed by atoms with Crippen LogP contribution < -0.4 is 9.64 Å². The van der Waals surface area contributed by atoms with Crippen molar-refractivity contribution in [2.75, 3.05) is 38.3 Å². The van der Waals surface area contributed by atoms with Gasteiger partial charge in [0.05, 0.1) is 7.11 Å². The summed E-state index contributed by atoms with van der Waals surface area (Å²) in [4.78, 5) is 6.82. The molecule has 1 aromatic heterocycles. The highest BCUT2D eigenvalue weighted by Crippen LogP contribution is 2.26. The molecule has 0 radical (unpaired) electrons. The number of pyridine rings is 1. The number of hydrogen-bond acceptors (Lipinski definition) is 4. The normalized spacial score (nSPS) is 17.4. The second-order valence-corrected chi connectivity index (χ2v) is 4.72. The SMILES string of the molecule is COc1ccc(N2CCCOCCC2)nc1Br. The second kappa shape index (κ2) is 6.21. The molecule has 0 saturated carbocycles. The van der Waals surface area contributed by atoms with Gasteiger partial charge in [-0.2, -0.15) is 0 Å². The van der Waals surface area contributed by atoms with Crippen molar-refractivity contribution in [2.45, 2.75) is 12.8 Å². The first-order chi connectivity index (χ1) is 8.31. The Hall–Kier alpha value is -0.810. The van der Waals surface area contributed by atoms with E-state index in [-0.39, 0.29) is 0 Å². The van der Waals surface area contributed by atoms with Gasteiger partial charge in [-0.05, 0) is 40.9 Å². The number of aromatic nitrogens is 1. The third-order valence-corrected chi connectivity index (χ3v) is 3.35. The van der Waals surface area contributed by atoms with Gasteiger partial charge < -0.3 is 14.4 Å². The summed E-state index contributed by atoms with van der Waals surface area (Å²) in [6.45, 7) is 3.67. The summed E-state index contributed by atoms with van der Waals surface area (Å²) < 4.78 is 11.4. The smallest absolute Gasteiger partial charge is 0.151 e. The van der Waals surface area contributed by atoms with Gasteiger partial charge in [0.25, 0.3) is 0 Å². The lowest BCUT2D eigenvalue weighted by molar-refractivity contribution is 0.124. The van der Waals surface area contributed by atoms with Crippen LogP contribution in [0.4, 0.5) is 5.82 Å². The molecule has 0 amide bonds. The van der Waals surface area contributed by atoms with Crippen LogP contribution in [0.15, 0.2) is 16.7 Å². The largest absolute Gasteiger partial charge is 0.494 e. The molecule has 94 valence electrons. The van der Waals surface area contributed by atoms with E-state index in [1.807, 2.05) is 12.1 Å². The van der Waals surface area contributed by atoms with E-state index in [1.54, 1.807) is 7.11 Å². The van der Waals surface area contributed by atoms with Crippen molar-refractivity contribution in [2.24, 2.45) is 0 Å². The van der Waals surface area contributed by atoms with E-state index in [2.05, 4.69) is 25.8 Å². The fourth-order valence-electron chi connectivity index (χ4n) is 1.90. The van der Waals surface area contributed by atoms with E-state index in [4.69, 9.17) is 9.47 Å². The van der Waals surface area contributed by atoms with Gasteiger partial charge in [-0.25, -0.2) is 4.98 Å². The molecular weight excluding hydrogens is 284 g/mol. The minimum Gasteiger partial charge on any atom is -0.494 e. The molecule has 1 aromatic rings. The van der Waals surface area contributed by atoms with Crippen LogP contribution in [0, 0.1) is 0 Å². The number of ether oxygens (including phenoxy) is 2. The summed E-state index contributed by atoms with van der Waals surface area (Å²) in [6.07, 6.45) is 2.09. The summed E-state index contributed by atoms with van der Waals surface area (Å²) >= 11 is 3.42. The third kappa shape index (κ3) is 3.33. The molecule has 5 heteroatoms. The zero-order chi connectivity index (χ0) is 12.1. The number of halogens is 1. The first-order valence-corrected chi connectivity index (χ1v) is 6.64. The van der Waals surface area contributed by atoms with Gasteiger partial charge in [0.15, 0.2) is 5.75 Å². The van der Waals surface area contributed by atoms with Crippen molar-refractivity contribution in [3.05, 3.63) is 16.7 Å². The summed E-state index contributed by atoms with van der Waals surface area (Å²) in [7, 11) is 1.65. The van der Waals surface area contributed by atoms with Gasteiger partial charge in [-0.3, -0.25) is 0 Å². The van der Waals surface area contributed by atoms with Gasteiger partial charge in [0, 0.05) is 26.3 Å². The van der Waals surface area contributed by atoms with Crippen LogP contribution in [0.5, 0.6) is 5.75 Å². The summed E-state index contributed by atoms with van der Waals surface area (Å²) in [5.74, 6) is 1.77. The van der Waals surface area contributed by atoms with E-state index in [9.17, 15) is 0 Å². The molecule has 1 aliphatic heterocycles. The molecule has 0 bridgehead atoms. The molecule has 0 aromatic carbocycles. The van der Waals surface area contributed by atoms with Crippen molar-refractivity contribution >= 4 is 21.7 Å². The molecule has 17 heavy (non-hydrogen) atoms. The minimum absolute atomic E-state index is 0.760. The molecule has 4 nitrogen and oxygen atoms in total. The third-order valence-electron chi connectivity index (χ3n) is 2.78. The van der Waals surface area contributed by atoms with Gasteiger partial charge in [0.2, 0.25) is 0 Å². The van der Waals surface area contributed by atoms with Crippen LogP contribution in [-0.4, -0.2) is 38.4 Å². The molecule has 2 heterocycles. The number of nitrogens with zero attached hydrogens (tertiary/aromatic N) is 2. The first-order valence-electron chi connectivity index (χ1n) is 5.84. The molecule has 2 rings (SSSR count). The molecule has 0 atom stereocenters. The Morgan fingerprint density at radius 2 is 2.00 bits per heavy atom. The van der Waals surface area contributed by atoms with Crippen LogP contribution in [0.25, 0.3) is 0 Å². The van der Waals surface area contributed by atoms with Crippen LogP contribution in [-0.2, 0) is 4.74 Å². The molecule has 0 unspecified atom stereocenters. The maximum atomic E-state index is 5.44. The quantitative estimate of drug-likeness (QED) is 0.786. The summed E-state index contributed by atoms with van der Waals surface area (Å²) in [6, 6.07) is 3.95. The van der Waals surface area contributed by atoms with Crippen molar-refractivity contribution in [1.82, 2.24) is 4.98 Å². The highest BCUT2D eigenvalue weighted by molar-refractivity contribution is 9.10. The standard InChI is InChI=1S/C12H17BrN2O2/c1-16-10-4-5-11(14-12(10)13)15-6-2-8-17-9-3-7-15/h4-5H,2-3,6-9H2,1H3. The van der Waals surface area contributed by atoms with Crippen LogP contribution in [0.1, 0.15) is 12.8 Å². The fourth-order valence-corrected chi connectivity index (χ4v) is 2.37. The molecule has 1 aliphatic rings. The number of hydrogen-bond donors (Lipinski definition) is 0. The molecule has 0 aliphatic carbocycles. The highest BCUT2D eigenvalue weighted by atomic mass is 79.9. The predicted molar refractivity (Wildman–Crippen MR) is 70.8 cm³/mol. The highest BCUT2D eigenvalue weighted by Gasteiger charge is 2.12.